The minimum Gasteiger partial charge on any atom is -0.293 e. The van der Waals surface area contributed by atoms with Crippen LogP contribution in [0.15, 0.2) is 82.7 Å². The Kier molecular flexibility index (Phi) is 6.19. The van der Waals surface area contributed by atoms with E-state index in [4.69, 9.17) is 5.21 Å². The normalized spacial score (nSPS) is 10.7. The SMILES string of the molecule is O=C(CSc1nnc(-c2cccnc2)n1-c1ccc(Br)cc1)c1cccc([N+](=O)O)c1. The van der Waals surface area contributed by atoms with Gasteiger partial charge in [0, 0.05) is 45.8 Å². The van der Waals surface area contributed by atoms with Crippen LogP contribution in [0.2, 0.25) is 0 Å². The first-order valence-electron chi connectivity index (χ1n) is 9.07. The number of aromatic nitrogens is 4. The molecule has 4 rings (SSSR count). The maximum Gasteiger partial charge on any atom is 0.317 e. The zero-order valence-electron chi connectivity index (χ0n) is 15.9. The lowest BCUT2D eigenvalue weighted by Crippen LogP contribution is -2.05. The Morgan fingerprint density at radius 2 is 1.90 bits per heavy atom. The van der Waals surface area contributed by atoms with Crippen molar-refractivity contribution >= 4 is 39.2 Å². The largest absolute Gasteiger partial charge is 0.317 e. The predicted molar refractivity (Wildman–Crippen MR) is 119 cm³/mol. The molecular weight excluding hydrogens is 482 g/mol. The second-order valence-electron chi connectivity index (χ2n) is 6.39. The minimum atomic E-state index is -0.270. The molecule has 8 nitrogen and oxygen atoms in total. The van der Waals surface area contributed by atoms with Crippen molar-refractivity contribution in [2.24, 2.45) is 0 Å². The Hall–Kier alpha value is -3.37. The van der Waals surface area contributed by atoms with E-state index < -0.39 is 0 Å². The number of nitrogens with zero attached hydrogens (tertiary/aromatic N) is 5. The number of pyridine rings is 1. The van der Waals surface area contributed by atoms with Crippen molar-refractivity contribution in [2.45, 2.75) is 5.16 Å². The van der Waals surface area contributed by atoms with Gasteiger partial charge in [0.2, 0.25) is 0 Å². The third-order valence-corrected chi connectivity index (χ3v) is 5.82. The van der Waals surface area contributed by atoms with E-state index >= 15 is 0 Å². The predicted octanol–water partition coefficient (Wildman–Crippen LogP) is 4.87. The molecule has 4 aromatic rings. The number of carbonyl (C=O) groups excluding carboxylic acids is 1. The molecule has 0 amide bonds. The second-order valence-corrected chi connectivity index (χ2v) is 8.25. The van der Waals surface area contributed by atoms with Crippen molar-refractivity contribution in [1.82, 2.24) is 19.7 Å². The summed E-state index contributed by atoms with van der Waals surface area (Å²) in [5.74, 6) is 0.478. The molecule has 0 saturated heterocycles. The Morgan fingerprint density at radius 3 is 2.61 bits per heavy atom. The van der Waals surface area contributed by atoms with Gasteiger partial charge < -0.3 is 0 Å². The molecule has 0 saturated carbocycles. The maximum absolute atomic E-state index is 12.7. The summed E-state index contributed by atoms with van der Waals surface area (Å²) in [6.45, 7) is 0. The Morgan fingerprint density at radius 1 is 1.10 bits per heavy atom. The lowest BCUT2D eigenvalue weighted by molar-refractivity contribution is -0.729. The third-order valence-electron chi connectivity index (χ3n) is 4.36. The van der Waals surface area contributed by atoms with E-state index in [1.54, 1.807) is 24.5 Å². The Labute approximate surface area is 189 Å². The van der Waals surface area contributed by atoms with E-state index in [0.717, 1.165) is 15.7 Å². The molecule has 0 radical (unpaired) electrons. The van der Waals surface area contributed by atoms with Crippen molar-refractivity contribution in [1.29, 1.82) is 0 Å². The van der Waals surface area contributed by atoms with Crippen molar-refractivity contribution in [2.75, 3.05) is 5.75 Å². The average molecular weight is 497 g/mol. The van der Waals surface area contributed by atoms with Gasteiger partial charge in [0.25, 0.3) is 4.92 Å². The number of halogens is 1. The molecule has 1 N–H and O–H groups in total. The first kappa shape index (κ1) is 20.9. The first-order chi connectivity index (χ1) is 15.0. The molecule has 0 atom stereocenters. The summed E-state index contributed by atoms with van der Waals surface area (Å²) in [6, 6.07) is 17.3. The summed E-state index contributed by atoms with van der Waals surface area (Å²) in [6.07, 6.45) is 3.38. The van der Waals surface area contributed by atoms with Crippen LogP contribution in [-0.4, -0.2) is 41.4 Å². The van der Waals surface area contributed by atoms with Crippen molar-refractivity contribution in [3.63, 3.8) is 0 Å². The van der Waals surface area contributed by atoms with Crippen LogP contribution in [0, 0.1) is 4.91 Å². The zero-order chi connectivity index (χ0) is 21.8. The molecule has 0 unspecified atom stereocenters. The van der Waals surface area contributed by atoms with Crippen LogP contribution in [-0.2, 0) is 0 Å². The van der Waals surface area contributed by atoms with Crippen LogP contribution in [0.4, 0.5) is 5.69 Å². The summed E-state index contributed by atoms with van der Waals surface area (Å²) < 4.78 is 2.80. The summed E-state index contributed by atoms with van der Waals surface area (Å²) in [7, 11) is 0. The highest BCUT2D eigenvalue weighted by Crippen LogP contribution is 2.29. The monoisotopic (exact) mass is 496 g/mol. The topological polar surface area (TPSA) is 101 Å². The van der Waals surface area contributed by atoms with Gasteiger partial charge in [-0.3, -0.25) is 14.3 Å². The fourth-order valence-corrected chi connectivity index (χ4v) is 3.99. The number of Topliss-reactive ketones (excluding diaryl/α,β-unsaturated/α-hetero) is 1. The molecule has 0 aliphatic carbocycles. The maximum atomic E-state index is 12.7. The quantitative estimate of drug-likeness (QED) is 0.221. The lowest BCUT2D eigenvalue weighted by atomic mass is 10.1. The third kappa shape index (κ3) is 4.70. The number of benzene rings is 2. The van der Waals surface area contributed by atoms with Gasteiger partial charge in [-0.25, -0.2) is 5.21 Å². The van der Waals surface area contributed by atoms with Crippen LogP contribution >= 0.6 is 27.7 Å². The molecule has 2 aromatic heterocycles. The van der Waals surface area contributed by atoms with Crippen LogP contribution in [0.1, 0.15) is 10.4 Å². The number of ketones is 1. The van der Waals surface area contributed by atoms with Crippen molar-refractivity contribution < 1.29 is 14.9 Å². The van der Waals surface area contributed by atoms with E-state index in [9.17, 15) is 9.70 Å². The van der Waals surface area contributed by atoms with Gasteiger partial charge in [-0.1, -0.05) is 39.8 Å². The molecule has 0 aliphatic heterocycles. The van der Waals surface area contributed by atoms with E-state index in [1.807, 2.05) is 41.0 Å². The molecular formula is C21H15BrN5O3S+. The molecule has 2 aromatic carbocycles. The minimum absolute atomic E-state index is 0.00672. The first-order valence-corrected chi connectivity index (χ1v) is 10.8. The number of hydrogen-bond donors (Lipinski definition) is 1. The van der Waals surface area contributed by atoms with Crippen LogP contribution < -0.4 is 0 Å². The summed E-state index contributed by atoms with van der Waals surface area (Å²) in [5, 5.41) is 18.2. The van der Waals surface area contributed by atoms with E-state index in [1.165, 1.54) is 23.9 Å². The highest BCUT2D eigenvalue weighted by Gasteiger charge is 2.19. The fourth-order valence-electron chi connectivity index (χ4n) is 2.88. The Balaban J connectivity index is 1.65. The highest BCUT2D eigenvalue weighted by atomic mass is 79.9. The molecule has 10 heteroatoms. The molecule has 154 valence electrons. The van der Waals surface area contributed by atoms with E-state index in [0.29, 0.717) is 16.5 Å². The van der Waals surface area contributed by atoms with E-state index in [2.05, 4.69) is 31.1 Å². The summed E-state index contributed by atoms with van der Waals surface area (Å²) in [4.78, 5) is 27.6. The van der Waals surface area contributed by atoms with Gasteiger partial charge in [-0.05, 0) is 36.4 Å². The van der Waals surface area contributed by atoms with Crippen molar-refractivity contribution in [3.05, 3.63) is 88.0 Å². The number of hydrogen-bond acceptors (Lipinski definition) is 6. The lowest BCUT2D eigenvalue weighted by Gasteiger charge is -2.10. The second kappa shape index (κ2) is 9.19. The molecule has 0 aliphatic rings. The van der Waals surface area contributed by atoms with Gasteiger partial charge in [0.05, 0.1) is 10.7 Å². The van der Waals surface area contributed by atoms with Gasteiger partial charge in [0.1, 0.15) is 0 Å². The fraction of sp³-hybridized carbons (Fsp3) is 0.0476. The zero-order valence-corrected chi connectivity index (χ0v) is 18.3. The molecule has 2 heterocycles. The molecule has 31 heavy (non-hydrogen) atoms. The smallest absolute Gasteiger partial charge is 0.293 e. The van der Waals surface area contributed by atoms with Crippen LogP contribution in [0.3, 0.4) is 0 Å². The molecule has 0 fully saturated rings. The molecule has 0 spiro atoms. The molecule has 0 bridgehead atoms. The highest BCUT2D eigenvalue weighted by molar-refractivity contribution is 9.10. The number of rotatable bonds is 7. The van der Waals surface area contributed by atoms with Crippen LogP contribution in [0.25, 0.3) is 17.1 Å². The van der Waals surface area contributed by atoms with Crippen LogP contribution in [0.5, 0.6) is 0 Å². The number of carbonyl (C=O) groups is 1. The van der Waals surface area contributed by atoms with E-state index in [-0.39, 0.29) is 22.1 Å². The number of thioether (sulfide) groups is 1. The summed E-state index contributed by atoms with van der Waals surface area (Å²) in [5.41, 5.74) is 1.95. The summed E-state index contributed by atoms with van der Waals surface area (Å²) >= 11 is 4.67. The average Bonchev–Trinajstić information content (AvgIpc) is 3.22. The van der Waals surface area contributed by atoms with Gasteiger partial charge in [0.15, 0.2) is 16.8 Å². The standard InChI is InChI=1S/C21H15BrN5O3S/c22-16-6-8-17(9-7-16)26-20(15-4-2-10-23-12-15)24-25-21(26)31-13-19(28)14-3-1-5-18(11-14)27(29)30/h1-12H,13H2,(H,29,30)/q+1. The Bertz CT molecular complexity index is 1250. The van der Waals surface area contributed by atoms with Crippen molar-refractivity contribution in [3.8, 4) is 17.1 Å². The van der Waals surface area contributed by atoms with Gasteiger partial charge >= 0.3 is 5.69 Å². The van der Waals surface area contributed by atoms with Gasteiger partial charge in [-0.15, -0.1) is 10.2 Å². The van der Waals surface area contributed by atoms with Gasteiger partial charge in [-0.2, -0.15) is 0 Å².